The van der Waals surface area contributed by atoms with E-state index in [0.29, 0.717) is 5.89 Å². The minimum absolute atomic E-state index is 0.589. The molecular weight excluding hydrogens is 552 g/mol. The van der Waals surface area contributed by atoms with Crippen LogP contribution < -0.4 is 0 Å². The van der Waals surface area contributed by atoms with Gasteiger partial charge in [-0.25, -0.2) is 4.98 Å². The summed E-state index contributed by atoms with van der Waals surface area (Å²) in [5, 5.41) is 6.98. The van der Waals surface area contributed by atoms with Crippen molar-refractivity contribution in [3.8, 4) is 28.3 Å². The summed E-state index contributed by atoms with van der Waals surface area (Å²) >= 11 is 0. The van der Waals surface area contributed by atoms with E-state index in [2.05, 4.69) is 126 Å². The largest absolute Gasteiger partial charge is 0.456 e. The SMILES string of the molecule is c1ccc(-c2ccc3oc4ccc5oc(-c6ccc(-n7c8ccccc8c8cc9ccccc9cc87)cc6)nc5c4c3c2)cc1. The van der Waals surface area contributed by atoms with E-state index in [0.717, 1.165) is 49.9 Å². The molecule has 4 heteroatoms. The van der Waals surface area contributed by atoms with Crippen molar-refractivity contribution in [1.82, 2.24) is 9.55 Å². The van der Waals surface area contributed by atoms with Gasteiger partial charge in [-0.15, -0.1) is 0 Å². The Hall–Kier alpha value is -6.13. The van der Waals surface area contributed by atoms with E-state index in [1.165, 1.54) is 38.1 Å². The van der Waals surface area contributed by atoms with Gasteiger partial charge in [-0.1, -0.05) is 78.9 Å². The highest BCUT2D eigenvalue weighted by Crippen LogP contribution is 2.39. The first-order valence-corrected chi connectivity index (χ1v) is 15.1. The molecule has 0 spiro atoms. The topological polar surface area (TPSA) is 44.1 Å². The number of hydrogen-bond acceptors (Lipinski definition) is 3. The average molecular weight is 577 g/mol. The van der Waals surface area contributed by atoms with Gasteiger partial charge in [0, 0.05) is 27.4 Å². The summed E-state index contributed by atoms with van der Waals surface area (Å²) < 4.78 is 14.9. The maximum atomic E-state index is 6.36. The minimum Gasteiger partial charge on any atom is -0.456 e. The predicted octanol–water partition coefficient (Wildman–Crippen LogP) is 11.3. The van der Waals surface area contributed by atoms with Crippen LogP contribution in [0.25, 0.3) is 93.9 Å². The van der Waals surface area contributed by atoms with Gasteiger partial charge < -0.3 is 13.4 Å². The van der Waals surface area contributed by atoms with Gasteiger partial charge in [-0.3, -0.25) is 0 Å². The number of para-hydroxylation sites is 1. The minimum atomic E-state index is 0.589. The molecule has 45 heavy (non-hydrogen) atoms. The van der Waals surface area contributed by atoms with Crippen LogP contribution in [0, 0.1) is 0 Å². The van der Waals surface area contributed by atoms with Crippen LogP contribution >= 0.6 is 0 Å². The molecule has 3 aromatic heterocycles. The lowest BCUT2D eigenvalue weighted by molar-refractivity contribution is 0.619. The van der Waals surface area contributed by atoms with Crippen molar-refractivity contribution in [1.29, 1.82) is 0 Å². The van der Waals surface area contributed by atoms with E-state index in [-0.39, 0.29) is 0 Å². The molecule has 0 atom stereocenters. The number of nitrogens with zero attached hydrogens (tertiary/aromatic N) is 2. The highest BCUT2D eigenvalue weighted by Gasteiger charge is 2.18. The van der Waals surface area contributed by atoms with E-state index >= 15 is 0 Å². The van der Waals surface area contributed by atoms with Crippen LogP contribution in [0.3, 0.4) is 0 Å². The molecule has 0 bridgehead atoms. The fraction of sp³-hybridized carbons (Fsp3) is 0. The Kier molecular flexibility index (Phi) is 4.96. The van der Waals surface area contributed by atoms with Gasteiger partial charge in [0.1, 0.15) is 16.7 Å². The number of rotatable bonds is 3. The highest BCUT2D eigenvalue weighted by atomic mass is 16.4. The molecule has 0 unspecified atom stereocenters. The molecule has 0 aliphatic rings. The normalized spacial score (nSPS) is 12.0. The van der Waals surface area contributed by atoms with Crippen molar-refractivity contribution >= 4 is 65.6 Å². The van der Waals surface area contributed by atoms with Gasteiger partial charge in [-0.2, -0.15) is 0 Å². The lowest BCUT2D eigenvalue weighted by atomic mass is 10.0. The van der Waals surface area contributed by atoms with Crippen molar-refractivity contribution in [3.63, 3.8) is 0 Å². The lowest BCUT2D eigenvalue weighted by Gasteiger charge is -2.09. The van der Waals surface area contributed by atoms with E-state index in [9.17, 15) is 0 Å². The second kappa shape index (κ2) is 9.18. The fourth-order valence-electron chi connectivity index (χ4n) is 6.87. The first kappa shape index (κ1) is 24.3. The maximum absolute atomic E-state index is 6.36. The fourth-order valence-corrected chi connectivity index (χ4v) is 6.87. The number of aromatic nitrogens is 2. The van der Waals surface area contributed by atoms with Crippen LogP contribution in [0.15, 0.2) is 154 Å². The third kappa shape index (κ3) is 3.63. The van der Waals surface area contributed by atoms with Crippen LogP contribution in [-0.4, -0.2) is 9.55 Å². The van der Waals surface area contributed by atoms with Crippen LogP contribution in [0.2, 0.25) is 0 Å². The molecule has 0 N–H and O–H groups in total. The number of benzene rings is 7. The van der Waals surface area contributed by atoms with Crippen LogP contribution in [-0.2, 0) is 0 Å². The Morgan fingerprint density at radius 3 is 2.02 bits per heavy atom. The standard InChI is InChI=1S/C41H24N2O2/c1-2-8-25(9-3-1)29-16-19-36-33(23-29)39-37(44-36)20-21-38-40(39)42-41(45-38)26-14-17-30(18-15-26)43-34-13-7-6-12-31(34)32-22-27-10-4-5-11-28(27)24-35(32)43/h1-24H. The van der Waals surface area contributed by atoms with Gasteiger partial charge in [-0.05, 0) is 88.6 Å². The Morgan fingerprint density at radius 1 is 0.444 bits per heavy atom. The molecule has 0 aliphatic carbocycles. The first-order valence-electron chi connectivity index (χ1n) is 15.1. The Balaban J connectivity index is 1.11. The van der Waals surface area contributed by atoms with E-state index < -0.39 is 0 Å². The molecule has 0 aliphatic heterocycles. The molecule has 0 saturated carbocycles. The van der Waals surface area contributed by atoms with Crippen LogP contribution in [0.5, 0.6) is 0 Å². The number of oxazole rings is 1. The number of hydrogen-bond donors (Lipinski definition) is 0. The highest BCUT2D eigenvalue weighted by molar-refractivity contribution is 6.17. The molecule has 4 nitrogen and oxygen atoms in total. The van der Waals surface area contributed by atoms with Crippen molar-refractivity contribution in [2.24, 2.45) is 0 Å². The van der Waals surface area contributed by atoms with Crippen LogP contribution in [0.1, 0.15) is 0 Å². The number of furan rings is 1. The summed E-state index contributed by atoms with van der Waals surface area (Å²) in [7, 11) is 0. The smallest absolute Gasteiger partial charge is 0.227 e. The third-order valence-electron chi connectivity index (χ3n) is 9.01. The van der Waals surface area contributed by atoms with Crippen molar-refractivity contribution in [2.45, 2.75) is 0 Å². The van der Waals surface area contributed by atoms with Gasteiger partial charge in [0.15, 0.2) is 5.58 Å². The van der Waals surface area contributed by atoms with E-state index in [1.54, 1.807) is 0 Å². The predicted molar refractivity (Wildman–Crippen MR) is 184 cm³/mol. The molecule has 3 heterocycles. The molecule has 0 radical (unpaired) electrons. The second-order valence-electron chi connectivity index (χ2n) is 11.6. The second-order valence-corrected chi connectivity index (χ2v) is 11.6. The molecular formula is C41H24N2O2. The first-order chi connectivity index (χ1) is 22.3. The van der Waals surface area contributed by atoms with Gasteiger partial charge in [0.05, 0.1) is 16.4 Å². The Bertz CT molecular complexity index is 2750. The summed E-state index contributed by atoms with van der Waals surface area (Å²) in [6, 6.07) is 50.9. The summed E-state index contributed by atoms with van der Waals surface area (Å²) in [6.45, 7) is 0. The van der Waals surface area contributed by atoms with E-state index in [4.69, 9.17) is 13.8 Å². The summed E-state index contributed by atoms with van der Waals surface area (Å²) in [5.74, 6) is 0.589. The number of fused-ring (bicyclic) bond motifs is 9. The summed E-state index contributed by atoms with van der Waals surface area (Å²) in [4.78, 5) is 5.03. The van der Waals surface area contributed by atoms with Crippen molar-refractivity contribution < 1.29 is 8.83 Å². The van der Waals surface area contributed by atoms with Gasteiger partial charge in [0.25, 0.3) is 0 Å². The Morgan fingerprint density at radius 2 is 1.16 bits per heavy atom. The Labute approximate surface area is 257 Å². The van der Waals surface area contributed by atoms with Gasteiger partial charge in [0.2, 0.25) is 5.89 Å². The van der Waals surface area contributed by atoms with E-state index in [1.807, 2.05) is 24.3 Å². The molecule has 10 rings (SSSR count). The van der Waals surface area contributed by atoms with Crippen molar-refractivity contribution in [2.75, 3.05) is 0 Å². The lowest BCUT2D eigenvalue weighted by Crippen LogP contribution is -1.93. The summed E-state index contributed by atoms with van der Waals surface area (Å²) in [6.07, 6.45) is 0. The molecule has 0 amide bonds. The molecule has 0 fully saturated rings. The zero-order valence-corrected chi connectivity index (χ0v) is 24.1. The molecule has 7 aromatic carbocycles. The van der Waals surface area contributed by atoms with Gasteiger partial charge >= 0.3 is 0 Å². The maximum Gasteiger partial charge on any atom is 0.227 e. The van der Waals surface area contributed by atoms with Crippen LogP contribution in [0.4, 0.5) is 0 Å². The monoisotopic (exact) mass is 576 g/mol. The zero-order chi connectivity index (χ0) is 29.5. The van der Waals surface area contributed by atoms with Crippen molar-refractivity contribution in [3.05, 3.63) is 146 Å². The molecule has 210 valence electrons. The summed E-state index contributed by atoms with van der Waals surface area (Å²) in [5.41, 5.74) is 9.88. The average Bonchev–Trinajstić information content (AvgIpc) is 3.79. The molecule has 0 saturated heterocycles. The molecule has 10 aromatic rings. The third-order valence-corrected chi connectivity index (χ3v) is 9.01. The quantitative estimate of drug-likeness (QED) is 0.210. The zero-order valence-electron chi connectivity index (χ0n) is 24.1.